The number of aryl methyl sites for hydroxylation is 1. The van der Waals surface area contributed by atoms with Gasteiger partial charge in [0.05, 0.1) is 4.47 Å². The highest BCUT2D eigenvalue weighted by Gasteiger charge is 2.11. The normalized spacial score (nSPS) is 10.7. The number of benzene rings is 1. The van der Waals surface area contributed by atoms with Gasteiger partial charge >= 0.3 is 0 Å². The van der Waals surface area contributed by atoms with E-state index in [1.165, 1.54) is 12.1 Å². The van der Waals surface area contributed by atoms with Gasteiger partial charge in [0.25, 0.3) is 0 Å². The van der Waals surface area contributed by atoms with Crippen LogP contribution in [0, 0.1) is 12.7 Å². The summed E-state index contributed by atoms with van der Waals surface area (Å²) in [4.78, 5) is 0. The summed E-state index contributed by atoms with van der Waals surface area (Å²) in [7, 11) is 0. The van der Waals surface area contributed by atoms with Crippen molar-refractivity contribution in [3.8, 4) is 11.3 Å². The minimum atomic E-state index is -0.370. The quantitative estimate of drug-likeness (QED) is 0.846. The van der Waals surface area contributed by atoms with Crippen LogP contribution in [-0.4, -0.2) is 10.2 Å². The summed E-state index contributed by atoms with van der Waals surface area (Å²) in [5, 5.41) is 7.24. The number of H-pyrrole nitrogens is 1. The lowest BCUT2D eigenvalue weighted by Crippen LogP contribution is -1.82. The first kappa shape index (κ1) is 10.6. The Morgan fingerprint density at radius 1 is 1.40 bits per heavy atom. The average molecular weight is 290 g/mol. The van der Waals surface area contributed by atoms with Crippen molar-refractivity contribution < 1.29 is 4.39 Å². The molecule has 0 unspecified atom stereocenters. The first-order valence-electron chi connectivity index (χ1n) is 4.25. The molecule has 2 rings (SSSR count). The van der Waals surface area contributed by atoms with E-state index < -0.39 is 0 Å². The molecule has 78 valence electrons. The monoisotopic (exact) mass is 288 g/mol. The van der Waals surface area contributed by atoms with Crippen molar-refractivity contribution in [3.05, 3.63) is 39.2 Å². The number of nitrogens with one attached hydrogen (secondary N) is 1. The van der Waals surface area contributed by atoms with Crippen molar-refractivity contribution in [1.82, 2.24) is 10.2 Å². The lowest BCUT2D eigenvalue weighted by Gasteiger charge is -1.99. The summed E-state index contributed by atoms with van der Waals surface area (Å²) in [6.07, 6.45) is 0. The largest absolute Gasteiger partial charge is 0.281 e. The zero-order valence-electron chi connectivity index (χ0n) is 7.81. The van der Waals surface area contributed by atoms with Gasteiger partial charge in [-0.25, -0.2) is 4.39 Å². The summed E-state index contributed by atoms with van der Waals surface area (Å²) in [5.41, 5.74) is 2.20. The molecular formula is C10H7BrClFN2. The van der Waals surface area contributed by atoms with Crippen LogP contribution < -0.4 is 0 Å². The van der Waals surface area contributed by atoms with Crippen LogP contribution in [0.15, 0.2) is 22.7 Å². The van der Waals surface area contributed by atoms with Crippen molar-refractivity contribution in [2.24, 2.45) is 0 Å². The van der Waals surface area contributed by atoms with Crippen molar-refractivity contribution in [1.29, 1.82) is 0 Å². The minimum absolute atomic E-state index is 0.359. The molecule has 0 saturated heterocycles. The van der Waals surface area contributed by atoms with E-state index in [4.69, 9.17) is 11.6 Å². The molecule has 0 fully saturated rings. The molecule has 0 radical (unpaired) electrons. The van der Waals surface area contributed by atoms with Crippen LogP contribution in [0.5, 0.6) is 0 Å². The summed E-state index contributed by atoms with van der Waals surface area (Å²) in [6.45, 7) is 1.88. The van der Waals surface area contributed by atoms with E-state index in [1.807, 2.05) is 6.92 Å². The maximum atomic E-state index is 13.1. The molecule has 2 nitrogen and oxygen atoms in total. The Balaban J connectivity index is 2.58. The number of nitrogens with zero attached hydrogens (tertiary/aromatic N) is 1. The molecule has 0 saturated carbocycles. The fraction of sp³-hybridized carbons (Fsp3) is 0.100. The highest BCUT2D eigenvalue weighted by Crippen LogP contribution is 2.30. The lowest BCUT2D eigenvalue weighted by atomic mass is 10.1. The van der Waals surface area contributed by atoms with Gasteiger partial charge < -0.3 is 0 Å². The highest BCUT2D eigenvalue weighted by atomic mass is 79.9. The Kier molecular flexibility index (Phi) is 2.80. The van der Waals surface area contributed by atoms with Crippen molar-refractivity contribution in [2.45, 2.75) is 6.92 Å². The molecule has 2 aromatic rings. The van der Waals surface area contributed by atoms with Crippen molar-refractivity contribution in [3.63, 3.8) is 0 Å². The third-order valence-corrected chi connectivity index (χ3v) is 3.20. The SMILES string of the molecule is Cc1[nH]nc(-c2cc(F)cc(Cl)c2)c1Br. The molecule has 5 heteroatoms. The summed E-state index contributed by atoms with van der Waals surface area (Å²) in [6, 6.07) is 4.33. The number of aromatic amines is 1. The lowest BCUT2D eigenvalue weighted by molar-refractivity contribution is 0.628. The molecule has 1 aromatic carbocycles. The Bertz CT molecular complexity index is 490. The first-order valence-corrected chi connectivity index (χ1v) is 5.42. The van der Waals surface area contributed by atoms with Crippen LogP contribution in [0.3, 0.4) is 0 Å². The Morgan fingerprint density at radius 2 is 2.13 bits per heavy atom. The summed E-state index contributed by atoms with van der Waals surface area (Å²) >= 11 is 9.14. The predicted octanol–water partition coefficient (Wildman–Crippen LogP) is 3.94. The fourth-order valence-corrected chi connectivity index (χ4v) is 1.93. The predicted molar refractivity (Wildman–Crippen MR) is 61.4 cm³/mol. The number of hydrogen-bond donors (Lipinski definition) is 1. The molecule has 0 bridgehead atoms. The Morgan fingerprint density at radius 3 is 2.67 bits per heavy atom. The molecule has 0 amide bonds. The highest BCUT2D eigenvalue weighted by molar-refractivity contribution is 9.10. The number of aromatic nitrogens is 2. The van der Waals surface area contributed by atoms with Crippen LogP contribution >= 0.6 is 27.5 Å². The van der Waals surface area contributed by atoms with E-state index in [2.05, 4.69) is 26.1 Å². The third kappa shape index (κ3) is 2.06. The Hall–Kier alpha value is -0.870. The topological polar surface area (TPSA) is 28.7 Å². The molecule has 0 aliphatic carbocycles. The van der Waals surface area contributed by atoms with Crippen LogP contribution in [0.1, 0.15) is 5.69 Å². The third-order valence-electron chi connectivity index (χ3n) is 2.01. The zero-order valence-corrected chi connectivity index (χ0v) is 10.2. The minimum Gasteiger partial charge on any atom is -0.281 e. The second-order valence-electron chi connectivity index (χ2n) is 3.17. The van der Waals surface area contributed by atoms with Crippen molar-refractivity contribution in [2.75, 3.05) is 0 Å². The van der Waals surface area contributed by atoms with Gasteiger partial charge in [-0.15, -0.1) is 0 Å². The molecule has 1 heterocycles. The van der Waals surface area contributed by atoms with E-state index in [0.29, 0.717) is 16.3 Å². The zero-order chi connectivity index (χ0) is 11.0. The van der Waals surface area contributed by atoms with Gasteiger partial charge in [-0.2, -0.15) is 5.10 Å². The first-order chi connectivity index (χ1) is 7.08. The van der Waals surface area contributed by atoms with Gasteiger partial charge in [0, 0.05) is 16.3 Å². The van der Waals surface area contributed by atoms with E-state index in [1.54, 1.807) is 6.07 Å². The second-order valence-corrected chi connectivity index (χ2v) is 4.40. The summed E-state index contributed by atoms with van der Waals surface area (Å²) < 4.78 is 13.9. The summed E-state index contributed by atoms with van der Waals surface area (Å²) in [5.74, 6) is -0.370. The van der Waals surface area contributed by atoms with Crippen LogP contribution in [0.4, 0.5) is 4.39 Å². The molecule has 0 atom stereocenters. The van der Waals surface area contributed by atoms with Gasteiger partial charge in [0.2, 0.25) is 0 Å². The Labute approximate surface area is 99.6 Å². The fourth-order valence-electron chi connectivity index (χ4n) is 1.30. The average Bonchev–Trinajstić information content (AvgIpc) is 2.46. The molecule has 15 heavy (non-hydrogen) atoms. The smallest absolute Gasteiger partial charge is 0.125 e. The van der Waals surface area contributed by atoms with Gasteiger partial charge in [-0.05, 0) is 41.1 Å². The maximum Gasteiger partial charge on any atom is 0.125 e. The number of rotatable bonds is 1. The van der Waals surface area contributed by atoms with Crippen LogP contribution in [-0.2, 0) is 0 Å². The van der Waals surface area contributed by atoms with Gasteiger partial charge in [-0.1, -0.05) is 11.6 Å². The second kappa shape index (κ2) is 3.94. The van der Waals surface area contributed by atoms with E-state index in [-0.39, 0.29) is 5.82 Å². The molecule has 1 N–H and O–H groups in total. The maximum absolute atomic E-state index is 13.1. The standard InChI is InChI=1S/C10H7BrClFN2/c1-5-9(11)10(15-14-5)6-2-7(12)4-8(13)3-6/h2-4H,1H3,(H,14,15). The van der Waals surface area contributed by atoms with Crippen LogP contribution in [0.25, 0.3) is 11.3 Å². The number of hydrogen-bond acceptors (Lipinski definition) is 1. The van der Waals surface area contributed by atoms with E-state index >= 15 is 0 Å². The van der Waals surface area contributed by atoms with Gasteiger partial charge in [0.15, 0.2) is 0 Å². The van der Waals surface area contributed by atoms with E-state index in [9.17, 15) is 4.39 Å². The number of halogens is 3. The van der Waals surface area contributed by atoms with Crippen molar-refractivity contribution >= 4 is 27.5 Å². The molecule has 1 aromatic heterocycles. The molecular weight excluding hydrogens is 282 g/mol. The molecule has 0 aliphatic rings. The van der Waals surface area contributed by atoms with Crippen LogP contribution in [0.2, 0.25) is 5.02 Å². The molecule has 0 spiro atoms. The molecule has 0 aliphatic heterocycles. The van der Waals surface area contributed by atoms with E-state index in [0.717, 1.165) is 10.2 Å². The van der Waals surface area contributed by atoms with Gasteiger partial charge in [-0.3, -0.25) is 5.10 Å². The van der Waals surface area contributed by atoms with Gasteiger partial charge in [0.1, 0.15) is 11.5 Å².